The fraction of sp³-hybridized carbons (Fsp3) is 0. The van der Waals surface area contributed by atoms with Gasteiger partial charge in [0.05, 0.1) is 16.6 Å². The van der Waals surface area contributed by atoms with Gasteiger partial charge in [0.15, 0.2) is 4.77 Å². The first-order chi connectivity index (χ1) is 8.77. The van der Waals surface area contributed by atoms with Gasteiger partial charge in [-0.3, -0.25) is 14.3 Å². The van der Waals surface area contributed by atoms with Gasteiger partial charge in [0, 0.05) is 12.4 Å². The van der Waals surface area contributed by atoms with Crippen molar-refractivity contribution in [1.82, 2.24) is 14.5 Å². The standard InChI is InChI=1S/C13H9N3OS/c17-12-10-3-1-2-4-11(10)15-13(18)16(12)9-5-7-14-8-6-9/h1-8H,(H,15,18). The summed E-state index contributed by atoms with van der Waals surface area (Å²) >= 11 is 5.24. The Morgan fingerprint density at radius 2 is 1.83 bits per heavy atom. The van der Waals surface area contributed by atoms with E-state index in [9.17, 15) is 4.79 Å². The molecule has 1 N–H and O–H groups in total. The van der Waals surface area contributed by atoms with Crippen LogP contribution in [0.4, 0.5) is 0 Å². The van der Waals surface area contributed by atoms with Crippen LogP contribution in [0.25, 0.3) is 16.6 Å². The van der Waals surface area contributed by atoms with Crippen molar-refractivity contribution in [2.75, 3.05) is 0 Å². The van der Waals surface area contributed by atoms with Crippen molar-refractivity contribution in [3.05, 3.63) is 63.9 Å². The Kier molecular flexibility index (Phi) is 2.53. The zero-order valence-corrected chi connectivity index (χ0v) is 10.1. The molecule has 0 radical (unpaired) electrons. The highest BCUT2D eigenvalue weighted by atomic mass is 32.1. The molecule has 0 spiro atoms. The topological polar surface area (TPSA) is 50.7 Å². The fourth-order valence-corrected chi connectivity index (χ4v) is 2.19. The van der Waals surface area contributed by atoms with Crippen LogP contribution in [-0.4, -0.2) is 14.5 Å². The minimum atomic E-state index is -0.124. The van der Waals surface area contributed by atoms with Crippen LogP contribution in [0, 0.1) is 4.77 Å². The number of H-pyrrole nitrogens is 1. The molecular weight excluding hydrogens is 246 g/mol. The minimum absolute atomic E-state index is 0.124. The van der Waals surface area contributed by atoms with Crippen LogP contribution in [0.5, 0.6) is 0 Å². The van der Waals surface area contributed by atoms with Crippen molar-refractivity contribution in [1.29, 1.82) is 0 Å². The quantitative estimate of drug-likeness (QED) is 0.679. The molecule has 3 aromatic rings. The summed E-state index contributed by atoms with van der Waals surface area (Å²) in [6.07, 6.45) is 3.26. The molecule has 0 aliphatic carbocycles. The van der Waals surface area contributed by atoms with Gasteiger partial charge in [-0.2, -0.15) is 0 Å². The molecule has 18 heavy (non-hydrogen) atoms. The number of hydrogen-bond donors (Lipinski definition) is 1. The van der Waals surface area contributed by atoms with E-state index in [1.54, 1.807) is 30.6 Å². The summed E-state index contributed by atoms with van der Waals surface area (Å²) in [6, 6.07) is 10.8. The third-order valence-corrected chi connectivity index (χ3v) is 3.01. The number of pyridine rings is 1. The van der Waals surface area contributed by atoms with Gasteiger partial charge in [0.25, 0.3) is 5.56 Å². The second-order valence-corrected chi connectivity index (χ2v) is 4.21. The Morgan fingerprint density at radius 3 is 2.61 bits per heavy atom. The molecule has 88 valence electrons. The maximum Gasteiger partial charge on any atom is 0.266 e. The summed E-state index contributed by atoms with van der Waals surface area (Å²) in [5, 5.41) is 0.614. The maximum absolute atomic E-state index is 12.4. The lowest BCUT2D eigenvalue weighted by atomic mass is 10.2. The summed E-state index contributed by atoms with van der Waals surface area (Å²) in [6.45, 7) is 0. The normalized spacial score (nSPS) is 10.7. The van der Waals surface area contributed by atoms with Gasteiger partial charge >= 0.3 is 0 Å². The van der Waals surface area contributed by atoms with Crippen molar-refractivity contribution in [2.24, 2.45) is 0 Å². The van der Waals surface area contributed by atoms with Crippen molar-refractivity contribution in [3.63, 3.8) is 0 Å². The van der Waals surface area contributed by atoms with E-state index in [0.29, 0.717) is 15.8 Å². The Labute approximate surface area is 108 Å². The number of fused-ring (bicyclic) bond motifs is 1. The van der Waals surface area contributed by atoms with E-state index in [-0.39, 0.29) is 5.56 Å². The van der Waals surface area contributed by atoms with Crippen LogP contribution in [0.1, 0.15) is 0 Å². The molecule has 0 aliphatic rings. The van der Waals surface area contributed by atoms with Gasteiger partial charge < -0.3 is 4.98 Å². The Bertz CT molecular complexity index is 821. The molecule has 5 heteroatoms. The highest BCUT2D eigenvalue weighted by molar-refractivity contribution is 7.71. The van der Waals surface area contributed by atoms with Gasteiger partial charge in [-0.15, -0.1) is 0 Å². The predicted octanol–water partition coefficient (Wildman–Crippen LogP) is 2.44. The zero-order valence-electron chi connectivity index (χ0n) is 9.33. The van der Waals surface area contributed by atoms with E-state index in [1.165, 1.54) is 4.57 Å². The van der Waals surface area contributed by atoms with Crippen molar-refractivity contribution in [2.45, 2.75) is 0 Å². The zero-order chi connectivity index (χ0) is 12.5. The van der Waals surface area contributed by atoms with Gasteiger partial charge in [0.1, 0.15) is 0 Å². The van der Waals surface area contributed by atoms with Crippen molar-refractivity contribution >= 4 is 23.1 Å². The molecule has 0 saturated heterocycles. The SMILES string of the molecule is O=c1c2ccccc2[nH]c(=S)n1-c1ccncc1. The van der Waals surface area contributed by atoms with E-state index < -0.39 is 0 Å². The lowest BCUT2D eigenvalue weighted by Gasteiger charge is -2.07. The van der Waals surface area contributed by atoms with Crippen LogP contribution in [-0.2, 0) is 0 Å². The van der Waals surface area contributed by atoms with Gasteiger partial charge in [-0.1, -0.05) is 12.1 Å². The number of aromatic nitrogens is 3. The molecule has 3 rings (SSSR count). The molecule has 2 heterocycles. The molecule has 0 fully saturated rings. The molecule has 0 bridgehead atoms. The van der Waals surface area contributed by atoms with Crippen LogP contribution < -0.4 is 5.56 Å². The van der Waals surface area contributed by atoms with Crippen molar-refractivity contribution in [3.8, 4) is 5.69 Å². The first-order valence-corrected chi connectivity index (χ1v) is 5.83. The summed E-state index contributed by atoms with van der Waals surface area (Å²) in [7, 11) is 0. The largest absolute Gasteiger partial charge is 0.331 e. The molecule has 4 nitrogen and oxygen atoms in total. The van der Waals surface area contributed by atoms with E-state index >= 15 is 0 Å². The Balaban J connectivity index is 2.45. The van der Waals surface area contributed by atoms with E-state index in [0.717, 1.165) is 5.52 Å². The lowest BCUT2D eigenvalue weighted by molar-refractivity contribution is 0.936. The Hall–Kier alpha value is -2.27. The lowest BCUT2D eigenvalue weighted by Crippen LogP contribution is -2.20. The second-order valence-electron chi connectivity index (χ2n) is 3.82. The van der Waals surface area contributed by atoms with E-state index in [2.05, 4.69) is 9.97 Å². The van der Waals surface area contributed by atoms with Crippen LogP contribution >= 0.6 is 12.2 Å². The van der Waals surface area contributed by atoms with Crippen molar-refractivity contribution < 1.29 is 0 Å². The number of hydrogen-bond acceptors (Lipinski definition) is 3. The fourth-order valence-electron chi connectivity index (χ4n) is 1.89. The predicted molar refractivity (Wildman–Crippen MR) is 72.5 cm³/mol. The molecular formula is C13H9N3OS. The highest BCUT2D eigenvalue weighted by Gasteiger charge is 2.06. The molecule has 0 saturated carbocycles. The molecule has 0 aliphatic heterocycles. The average molecular weight is 255 g/mol. The number of benzene rings is 1. The van der Waals surface area contributed by atoms with E-state index in [4.69, 9.17) is 12.2 Å². The molecule has 2 aromatic heterocycles. The minimum Gasteiger partial charge on any atom is -0.331 e. The number of nitrogens with one attached hydrogen (secondary N) is 1. The smallest absolute Gasteiger partial charge is 0.266 e. The summed E-state index contributed by atoms with van der Waals surface area (Å²) in [5.41, 5.74) is 1.33. The third-order valence-electron chi connectivity index (χ3n) is 2.73. The summed E-state index contributed by atoms with van der Waals surface area (Å²) < 4.78 is 1.85. The molecule has 0 amide bonds. The van der Waals surface area contributed by atoms with Gasteiger partial charge in [-0.05, 0) is 36.5 Å². The first-order valence-electron chi connectivity index (χ1n) is 5.42. The number of aromatic amines is 1. The molecule has 1 aromatic carbocycles. The number of rotatable bonds is 1. The maximum atomic E-state index is 12.4. The molecule has 0 unspecified atom stereocenters. The van der Waals surface area contributed by atoms with E-state index in [1.807, 2.05) is 18.2 Å². The second kappa shape index (κ2) is 4.19. The van der Waals surface area contributed by atoms with Gasteiger partial charge in [0.2, 0.25) is 0 Å². The van der Waals surface area contributed by atoms with Gasteiger partial charge in [-0.25, -0.2) is 0 Å². The van der Waals surface area contributed by atoms with Crippen LogP contribution in [0.15, 0.2) is 53.6 Å². The molecule has 0 atom stereocenters. The number of para-hydroxylation sites is 1. The monoisotopic (exact) mass is 255 g/mol. The summed E-state index contributed by atoms with van der Waals surface area (Å²) in [4.78, 5) is 19.4. The first kappa shape index (κ1) is 10.9. The average Bonchev–Trinajstić information content (AvgIpc) is 2.40. The highest BCUT2D eigenvalue weighted by Crippen LogP contribution is 2.09. The summed E-state index contributed by atoms with van der Waals surface area (Å²) in [5.74, 6) is 0. The van der Waals surface area contributed by atoms with Crippen LogP contribution in [0.3, 0.4) is 0 Å². The van der Waals surface area contributed by atoms with Crippen LogP contribution in [0.2, 0.25) is 0 Å². The third kappa shape index (κ3) is 1.65. The number of nitrogens with zero attached hydrogens (tertiary/aromatic N) is 2. The Morgan fingerprint density at radius 1 is 1.11 bits per heavy atom.